The minimum atomic E-state index is -0.425. The first kappa shape index (κ1) is 20.1. The lowest BCUT2D eigenvalue weighted by Crippen LogP contribution is -2.03. The summed E-state index contributed by atoms with van der Waals surface area (Å²) in [4.78, 5) is 12.3. The van der Waals surface area contributed by atoms with Gasteiger partial charge in [0.05, 0.1) is 7.11 Å². The van der Waals surface area contributed by atoms with E-state index in [-0.39, 0.29) is 18.3 Å². The molecule has 152 valence electrons. The number of rotatable bonds is 5. The summed E-state index contributed by atoms with van der Waals surface area (Å²) in [7, 11) is 1.50. The molecular formula is C23H16BrF2NO3. The summed E-state index contributed by atoms with van der Waals surface area (Å²) in [5.74, 6) is -0.260. The number of fused-ring (bicyclic) bond motifs is 1. The summed E-state index contributed by atoms with van der Waals surface area (Å²) in [5.41, 5.74) is 2.45. The van der Waals surface area contributed by atoms with E-state index >= 15 is 0 Å². The second-order valence-corrected chi connectivity index (χ2v) is 7.55. The third-order valence-corrected chi connectivity index (χ3v) is 5.15. The molecule has 0 saturated carbocycles. The second kappa shape index (κ2) is 8.28. The molecule has 7 heteroatoms. The summed E-state index contributed by atoms with van der Waals surface area (Å²) in [5, 5.41) is 2.71. The van der Waals surface area contributed by atoms with E-state index in [0.717, 1.165) is 0 Å². The summed E-state index contributed by atoms with van der Waals surface area (Å²) >= 11 is 3.22. The third-order valence-electron chi connectivity index (χ3n) is 4.66. The largest absolute Gasteiger partial charge is 0.493 e. The first-order valence-electron chi connectivity index (χ1n) is 9.02. The van der Waals surface area contributed by atoms with Gasteiger partial charge in [-0.2, -0.15) is 0 Å². The standard InChI is InChI=1S/C23H16BrF2NO3/c1-29-21-7-2-13(8-18-17-11-16(25)5-6-20(17)27-23(18)28)9-22(21)30-12-14-3-4-15(24)10-19(14)26/h2-11H,12H2,1H3,(H,27,28)/b18-8-. The van der Waals surface area contributed by atoms with Crippen LogP contribution in [-0.4, -0.2) is 13.0 Å². The average Bonchev–Trinajstić information content (AvgIpc) is 3.02. The van der Waals surface area contributed by atoms with Crippen molar-refractivity contribution in [3.8, 4) is 11.5 Å². The van der Waals surface area contributed by atoms with Gasteiger partial charge in [0, 0.05) is 26.9 Å². The molecule has 0 fully saturated rings. The number of carbonyl (C=O) groups is 1. The fraction of sp³-hybridized carbons (Fsp3) is 0.0870. The fourth-order valence-corrected chi connectivity index (χ4v) is 3.49. The summed E-state index contributed by atoms with van der Waals surface area (Å²) in [6.45, 7) is 0.00400. The summed E-state index contributed by atoms with van der Waals surface area (Å²) < 4.78 is 39.5. The highest BCUT2D eigenvalue weighted by Gasteiger charge is 2.24. The lowest BCUT2D eigenvalue weighted by molar-refractivity contribution is -0.110. The number of carbonyl (C=O) groups excluding carboxylic acids is 1. The number of anilines is 1. The normalized spacial score (nSPS) is 13.9. The number of nitrogens with one attached hydrogen (secondary N) is 1. The van der Waals surface area contributed by atoms with Crippen LogP contribution in [-0.2, 0) is 11.4 Å². The van der Waals surface area contributed by atoms with E-state index in [0.29, 0.717) is 43.9 Å². The van der Waals surface area contributed by atoms with Crippen molar-refractivity contribution in [3.05, 3.63) is 87.4 Å². The molecule has 4 nitrogen and oxygen atoms in total. The van der Waals surface area contributed by atoms with Crippen molar-refractivity contribution in [3.63, 3.8) is 0 Å². The number of ether oxygens (including phenoxy) is 2. The predicted molar refractivity (Wildman–Crippen MR) is 114 cm³/mol. The molecule has 0 unspecified atom stereocenters. The number of benzene rings is 3. The van der Waals surface area contributed by atoms with E-state index in [9.17, 15) is 13.6 Å². The minimum absolute atomic E-state index is 0.00400. The van der Waals surface area contributed by atoms with Crippen molar-refractivity contribution in [2.24, 2.45) is 0 Å². The topological polar surface area (TPSA) is 47.6 Å². The van der Waals surface area contributed by atoms with Gasteiger partial charge in [0.15, 0.2) is 11.5 Å². The molecule has 3 aromatic rings. The number of amides is 1. The molecule has 30 heavy (non-hydrogen) atoms. The molecular weight excluding hydrogens is 456 g/mol. The maximum absolute atomic E-state index is 14.1. The van der Waals surface area contributed by atoms with Crippen LogP contribution in [0.5, 0.6) is 11.5 Å². The Balaban J connectivity index is 1.64. The Morgan fingerprint density at radius 3 is 2.63 bits per heavy atom. The Kier molecular flexibility index (Phi) is 5.55. The molecule has 3 aromatic carbocycles. The van der Waals surface area contributed by atoms with Gasteiger partial charge in [-0.25, -0.2) is 8.78 Å². The Morgan fingerprint density at radius 1 is 1.03 bits per heavy atom. The third kappa shape index (κ3) is 4.07. The molecule has 0 spiro atoms. The summed E-state index contributed by atoms with van der Waals surface area (Å²) in [6, 6.07) is 14.0. The van der Waals surface area contributed by atoms with E-state index in [2.05, 4.69) is 21.2 Å². The predicted octanol–water partition coefficient (Wildman–Crippen LogP) is 5.81. The average molecular weight is 472 g/mol. The minimum Gasteiger partial charge on any atom is -0.493 e. The quantitative estimate of drug-likeness (QED) is 0.477. The Hall–Kier alpha value is -3.19. The monoisotopic (exact) mass is 471 g/mol. The van der Waals surface area contributed by atoms with Gasteiger partial charge >= 0.3 is 0 Å². The van der Waals surface area contributed by atoms with E-state index in [1.807, 2.05) is 0 Å². The molecule has 1 amide bonds. The molecule has 0 atom stereocenters. The first-order chi connectivity index (χ1) is 14.4. The van der Waals surface area contributed by atoms with Gasteiger partial charge in [-0.3, -0.25) is 4.79 Å². The van der Waals surface area contributed by atoms with Crippen molar-refractivity contribution in [1.82, 2.24) is 0 Å². The highest BCUT2D eigenvalue weighted by atomic mass is 79.9. The van der Waals surface area contributed by atoms with Crippen LogP contribution in [0.1, 0.15) is 16.7 Å². The van der Waals surface area contributed by atoms with Crippen LogP contribution in [0, 0.1) is 11.6 Å². The Morgan fingerprint density at radius 2 is 1.87 bits per heavy atom. The van der Waals surface area contributed by atoms with Gasteiger partial charge in [0.25, 0.3) is 5.91 Å². The van der Waals surface area contributed by atoms with Gasteiger partial charge < -0.3 is 14.8 Å². The number of methoxy groups -OCH3 is 1. The molecule has 0 aromatic heterocycles. The number of halogens is 3. The lowest BCUT2D eigenvalue weighted by Gasteiger charge is -2.12. The van der Waals surface area contributed by atoms with E-state index in [1.54, 1.807) is 36.4 Å². The molecule has 0 aliphatic carbocycles. The number of hydrogen-bond donors (Lipinski definition) is 1. The van der Waals surface area contributed by atoms with Crippen LogP contribution in [0.15, 0.2) is 59.1 Å². The van der Waals surface area contributed by atoms with Crippen molar-refractivity contribution >= 4 is 39.2 Å². The maximum atomic E-state index is 14.1. The number of hydrogen-bond acceptors (Lipinski definition) is 3. The summed E-state index contributed by atoms with van der Waals surface area (Å²) in [6.07, 6.45) is 1.65. The SMILES string of the molecule is COc1ccc(/C=C2\C(=O)Nc3ccc(F)cc32)cc1OCc1ccc(Br)cc1F. The van der Waals surface area contributed by atoms with Gasteiger partial charge in [-0.1, -0.05) is 28.1 Å². The van der Waals surface area contributed by atoms with Crippen LogP contribution >= 0.6 is 15.9 Å². The molecule has 1 aliphatic rings. The van der Waals surface area contributed by atoms with E-state index in [1.165, 1.54) is 31.4 Å². The highest BCUT2D eigenvalue weighted by Crippen LogP contribution is 2.35. The van der Waals surface area contributed by atoms with Crippen molar-refractivity contribution in [2.75, 3.05) is 12.4 Å². The molecule has 0 bridgehead atoms. The Labute approximate surface area is 180 Å². The van der Waals surface area contributed by atoms with Crippen molar-refractivity contribution in [2.45, 2.75) is 6.61 Å². The second-order valence-electron chi connectivity index (χ2n) is 6.64. The van der Waals surface area contributed by atoms with Crippen LogP contribution in [0.2, 0.25) is 0 Å². The molecule has 1 aliphatic heterocycles. The van der Waals surface area contributed by atoms with Gasteiger partial charge in [0.1, 0.15) is 18.2 Å². The first-order valence-corrected chi connectivity index (χ1v) is 9.81. The maximum Gasteiger partial charge on any atom is 0.256 e. The molecule has 1 heterocycles. The van der Waals surface area contributed by atoms with Crippen LogP contribution in [0.25, 0.3) is 11.6 Å². The van der Waals surface area contributed by atoms with E-state index < -0.39 is 5.82 Å². The fourth-order valence-electron chi connectivity index (χ4n) is 3.16. The van der Waals surface area contributed by atoms with Crippen molar-refractivity contribution < 1.29 is 23.0 Å². The molecule has 0 saturated heterocycles. The zero-order valence-corrected chi connectivity index (χ0v) is 17.4. The van der Waals surface area contributed by atoms with Crippen molar-refractivity contribution in [1.29, 1.82) is 0 Å². The molecule has 1 N–H and O–H groups in total. The van der Waals surface area contributed by atoms with Crippen LogP contribution < -0.4 is 14.8 Å². The van der Waals surface area contributed by atoms with Gasteiger partial charge in [-0.15, -0.1) is 0 Å². The van der Waals surface area contributed by atoms with Gasteiger partial charge in [-0.05, 0) is 54.1 Å². The molecule has 0 radical (unpaired) electrons. The van der Waals surface area contributed by atoms with Crippen LogP contribution in [0.4, 0.5) is 14.5 Å². The zero-order valence-electron chi connectivity index (χ0n) is 15.8. The lowest BCUT2D eigenvalue weighted by atomic mass is 10.0. The van der Waals surface area contributed by atoms with E-state index in [4.69, 9.17) is 9.47 Å². The molecule has 4 rings (SSSR count). The zero-order chi connectivity index (χ0) is 21.3. The van der Waals surface area contributed by atoms with Crippen LogP contribution in [0.3, 0.4) is 0 Å². The highest BCUT2D eigenvalue weighted by molar-refractivity contribution is 9.10. The van der Waals surface area contributed by atoms with Gasteiger partial charge in [0.2, 0.25) is 0 Å². The smallest absolute Gasteiger partial charge is 0.256 e. The Bertz CT molecular complexity index is 1180.